The van der Waals surface area contributed by atoms with Crippen LogP contribution < -0.4 is 10.6 Å². The summed E-state index contributed by atoms with van der Waals surface area (Å²) in [6, 6.07) is 1.54. The minimum Gasteiger partial charge on any atom is -0.462 e. The Bertz CT molecular complexity index is 888. The van der Waals surface area contributed by atoms with Crippen LogP contribution in [0.3, 0.4) is 0 Å². The first kappa shape index (κ1) is 19.5. The van der Waals surface area contributed by atoms with Crippen molar-refractivity contribution in [2.75, 3.05) is 30.3 Å². The van der Waals surface area contributed by atoms with Gasteiger partial charge in [0.1, 0.15) is 29.1 Å². The normalized spacial score (nSPS) is 19.5. The van der Waals surface area contributed by atoms with Crippen LogP contribution in [0.5, 0.6) is 0 Å². The maximum atomic E-state index is 12.0. The number of hydrogen-bond acceptors (Lipinski definition) is 9. The quantitative estimate of drug-likeness (QED) is 0.457. The topological polar surface area (TPSA) is 139 Å². The first-order chi connectivity index (χ1) is 13.3. The molecule has 0 spiro atoms. The van der Waals surface area contributed by atoms with Crippen LogP contribution in [0.25, 0.3) is 5.69 Å². The SMILES string of the molecule is CCOC(=O)c1cnn(-c2cc(N3C[C@H](C)O[C@@H](C)C3)ncc2[N+](=O)[O-])c1N. The zero-order valence-electron chi connectivity index (χ0n) is 15.9. The number of esters is 1. The van der Waals surface area contributed by atoms with Crippen LogP contribution in [0.1, 0.15) is 31.1 Å². The summed E-state index contributed by atoms with van der Waals surface area (Å²) in [5, 5.41) is 15.6. The van der Waals surface area contributed by atoms with Gasteiger partial charge in [0.05, 0.1) is 29.9 Å². The van der Waals surface area contributed by atoms with Crippen LogP contribution in [0.15, 0.2) is 18.5 Å². The van der Waals surface area contributed by atoms with E-state index in [0.29, 0.717) is 18.9 Å². The molecule has 2 aromatic rings. The molecule has 0 aliphatic carbocycles. The van der Waals surface area contributed by atoms with Gasteiger partial charge in [-0.05, 0) is 20.8 Å². The molecule has 3 heterocycles. The third kappa shape index (κ3) is 3.74. The zero-order chi connectivity index (χ0) is 20.4. The molecule has 11 nitrogen and oxygen atoms in total. The van der Waals surface area contributed by atoms with Crippen molar-refractivity contribution in [2.45, 2.75) is 33.0 Å². The Hall–Kier alpha value is -3.21. The van der Waals surface area contributed by atoms with Crippen molar-refractivity contribution in [3.05, 3.63) is 34.1 Å². The molecular formula is C17H22N6O5. The highest BCUT2D eigenvalue weighted by atomic mass is 16.6. The summed E-state index contributed by atoms with van der Waals surface area (Å²) in [5.41, 5.74) is 5.92. The maximum absolute atomic E-state index is 12.0. The Morgan fingerprint density at radius 1 is 1.39 bits per heavy atom. The Morgan fingerprint density at radius 2 is 2.07 bits per heavy atom. The lowest BCUT2D eigenvalue weighted by Crippen LogP contribution is -2.45. The second-order valence-corrected chi connectivity index (χ2v) is 6.53. The second kappa shape index (κ2) is 7.80. The Labute approximate surface area is 161 Å². The predicted octanol–water partition coefficient (Wildman–Crippen LogP) is 1.55. The highest BCUT2D eigenvalue weighted by Crippen LogP contribution is 2.30. The number of aromatic nitrogens is 3. The zero-order valence-corrected chi connectivity index (χ0v) is 15.9. The molecule has 0 radical (unpaired) electrons. The monoisotopic (exact) mass is 390 g/mol. The lowest BCUT2D eigenvalue weighted by atomic mass is 10.2. The van der Waals surface area contributed by atoms with Gasteiger partial charge in [-0.25, -0.2) is 14.5 Å². The molecule has 0 amide bonds. The fourth-order valence-electron chi connectivity index (χ4n) is 3.19. The van der Waals surface area contributed by atoms with Gasteiger partial charge in [0.2, 0.25) is 0 Å². The number of carbonyl (C=O) groups is 1. The average molecular weight is 390 g/mol. The molecule has 2 atom stereocenters. The van der Waals surface area contributed by atoms with Crippen molar-refractivity contribution in [1.29, 1.82) is 0 Å². The number of rotatable bonds is 5. The standard InChI is InChI=1S/C17H22N6O5/c1-4-27-17(24)12-6-20-22(16(12)18)13-5-15(19-7-14(13)23(25)26)21-8-10(2)28-11(3)9-21/h5-7,10-11H,4,8-9,18H2,1-3H3/t10-,11-/m0/s1. The van der Waals surface area contributed by atoms with Gasteiger partial charge in [0, 0.05) is 19.2 Å². The Morgan fingerprint density at radius 3 is 2.68 bits per heavy atom. The van der Waals surface area contributed by atoms with E-state index in [2.05, 4.69) is 10.1 Å². The molecule has 11 heteroatoms. The average Bonchev–Trinajstić information content (AvgIpc) is 3.02. The van der Waals surface area contributed by atoms with Crippen molar-refractivity contribution in [3.8, 4) is 5.69 Å². The number of carbonyl (C=O) groups excluding carboxylic acids is 1. The van der Waals surface area contributed by atoms with Gasteiger partial charge in [0.15, 0.2) is 0 Å². The molecule has 1 aliphatic rings. The summed E-state index contributed by atoms with van der Waals surface area (Å²) in [4.78, 5) is 29.1. The van der Waals surface area contributed by atoms with Crippen LogP contribution in [-0.4, -0.2) is 57.6 Å². The summed E-state index contributed by atoms with van der Waals surface area (Å²) in [6.45, 7) is 6.94. The van der Waals surface area contributed by atoms with Gasteiger partial charge in [-0.15, -0.1) is 0 Å². The van der Waals surface area contributed by atoms with Crippen LogP contribution in [0, 0.1) is 10.1 Å². The fourth-order valence-corrected chi connectivity index (χ4v) is 3.19. The smallest absolute Gasteiger partial charge is 0.343 e. The molecule has 0 saturated carbocycles. The number of nitrogen functional groups attached to an aromatic ring is 1. The fraction of sp³-hybridized carbons (Fsp3) is 0.471. The number of hydrogen-bond donors (Lipinski definition) is 1. The predicted molar refractivity (Wildman–Crippen MR) is 101 cm³/mol. The second-order valence-electron chi connectivity index (χ2n) is 6.53. The molecule has 150 valence electrons. The molecule has 0 aromatic carbocycles. The van der Waals surface area contributed by atoms with Crippen molar-refractivity contribution in [1.82, 2.24) is 14.8 Å². The number of anilines is 2. The molecule has 3 rings (SSSR count). The van der Waals surface area contributed by atoms with Crippen molar-refractivity contribution < 1.29 is 19.2 Å². The van der Waals surface area contributed by atoms with E-state index >= 15 is 0 Å². The number of morpholine rings is 1. The van der Waals surface area contributed by atoms with E-state index in [-0.39, 0.29) is 41.6 Å². The molecule has 0 bridgehead atoms. The first-order valence-corrected chi connectivity index (χ1v) is 8.87. The van der Waals surface area contributed by atoms with E-state index in [4.69, 9.17) is 15.2 Å². The van der Waals surface area contributed by atoms with E-state index in [9.17, 15) is 14.9 Å². The Kier molecular flexibility index (Phi) is 5.45. The van der Waals surface area contributed by atoms with Gasteiger partial charge >= 0.3 is 11.7 Å². The number of nitro groups is 1. The molecule has 2 aromatic heterocycles. The van der Waals surface area contributed by atoms with Gasteiger partial charge < -0.3 is 20.1 Å². The van der Waals surface area contributed by atoms with Crippen molar-refractivity contribution in [2.24, 2.45) is 0 Å². The van der Waals surface area contributed by atoms with Crippen LogP contribution in [-0.2, 0) is 9.47 Å². The maximum Gasteiger partial charge on any atom is 0.343 e. The largest absolute Gasteiger partial charge is 0.462 e. The molecule has 1 aliphatic heterocycles. The highest BCUT2D eigenvalue weighted by Gasteiger charge is 2.27. The third-order valence-corrected chi connectivity index (χ3v) is 4.32. The van der Waals surface area contributed by atoms with Gasteiger partial charge in [-0.3, -0.25) is 10.1 Å². The summed E-state index contributed by atoms with van der Waals surface area (Å²) in [5.74, 6) is -0.142. The lowest BCUT2D eigenvalue weighted by molar-refractivity contribution is -0.384. The van der Waals surface area contributed by atoms with E-state index in [1.54, 1.807) is 13.0 Å². The summed E-state index contributed by atoms with van der Waals surface area (Å²) in [7, 11) is 0. The summed E-state index contributed by atoms with van der Waals surface area (Å²) in [6.07, 6.45) is 2.39. The minimum atomic E-state index is -0.640. The van der Waals surface area contributed by atoms with Gasteiger partial charge in [-0.2, -0.15) is 5.10 Å². The summed E-state index contributed by atoms with van der Waals surface area (Å²) >= 11 is 0. The van der Waals surface area contributed by atoms with Crippen LogP contribution in [0.4, 0.5) is 17.3 Å². The molecular weight excluding hydrogens is 368 g/mol. The first-order valence-electron chi connectivity index (χ1n) is 8.87. The molecule has 0 unspecified atom stereocenters. The lowest BCUT2D eigenvalue weighted by Gasteiger charge is -2.36. The number of nitrogens with zero attached hydrogens (tertiary/aromatic N) is 5. The molecule has 2 N–H and O–H groups in total. The van der Waals surface area contributed by atoms with Crippen molar-refractivity contribution >= 4 is 23.3 Å². The van der Waals surface area contributed by atoms with E-state index in [1.807, 2.05) is 18.7 Å². The van der Waals surface area contributed by atoms with Gasteiger partial charge in [0.25, 0.3) is 0 Å². The van der Waals surface area contributed by atoms with Crippen molar-refractivity contribution in [3.63, 3.8) is 0 Å². The molecule has 1 saturated heterocycles. The number of ether oxygens (including phenoxy) is 2. The minimum absolute atomic E-state index is 0.00520. The summed E-state index contributed by atoms with van der Waals surface area (Å²) < 4.78 is 11.8. The van der Waals surface area contributed by atoms with Crippen LogP contribution in [0.2, 0.25) is 0 Å². The third-order valence-electron chi connectivity index (χ3n) is 4.32. The highest BCUT2D eigenvalue weighted by molar-refractivity contribution is 5.94. The molecule has 28 heavy (non-hydrogen) atoms. The van der Waals surface area contributed by atoms with Crippen LogP contribution >= 0.6 is 0 Å². The van der Waals surface area contributed by atoms with Gasteiger partial charge in [-0.1, -0.05) is 0 Å². The molecule has 1 fully saturated rings. The number of pyridine rings is 1. The number of nitrogens with two attached hydrogens (primary N) is 1. The van der Waals surface area contributed by atoms with E-state index in [0.717, 1.165) is 4.68 Å². The van der Waals surface area contributed by atoms with E-state index < -0.39 is 10.9 Å². The van der Waals surface area contributed by atoms with E-state index in [1.165, 1.54) is 12.4 Å². The Balaban J connectivity index is 2.04.